The summed E-state index contributed by atoms with van der Waals surface area (Å²) in [6, 6.07) is 7.37. The van der Waals surface area contributed by atoms with E-state index in [-0.39, 0.29) is 5.97 Å². The number of rotatable bonds is 5. The number of carbonyl (C=O) groups is 1. The van der Waals surface area contributed by atoms with Gasteiger partial charge in [0.25, 0.3) is 0 Å². The lowest BCUT2D eigenvalue weighted by Crippen LogP contribution is -2.33. The maximum Gasteiger partial charge on any atom is 0.322 e. The Hall–Kier alpha value is -1.61. The van der Waals surface area contributed by atoms with E-state index in [0.717, 1.165) is 12.0 Å². The predicted molar refractivity (Wildman–Crippen MR) is 64.0 cm³/mol. The lowest BCUT2D eigenvalue weighted by Gasteiger charge is -2.09. The van der Waals surface area contributed by atoms with Gasteiger partial charge < -0.3 is 10.5 Å². The van der Waals surface area contributed by atoms with Crippen LogP contribution >= 0.6 is 0 Å². The molecule has 1 rings (SSSR count). The van der Waals surface area contributed by atoms with Crippen molar-refractivity contribution in [3.8, 4) is 0 Å². The van der Waals surface area contributed by atoms with Gasteiger partial charge in [-0.25, -0.2) is 0 Å². The first-order valence-corrected chi connectivity index (χ1v) is 5.19. The summed E-state index contributed by atoms with van der Waals surface area (Å²) in [6.07, 6.45) is 3.16. The summed E-state index contributed by atoms with van der Waals surface area (Å²) in [5.74, 6) is -0.380. The normalized spacial score (nSPS) is 11.9. The maximum atomic E-state index is 11.2. The minimum Gasteiger partial charge on any atom is -0.468 e. The van der Waals surface area contributed by atoms with Crippen LogP contribution in [0.15, 0.2) is 36.9 Å². The fourth-order valence-corrected chi connectivity index (χ4v) is 1.54. The number of benzene rings is 1. The van der Waals surface area contributed by atoms with Crippen molar-refractivity contribution in [3.63, 3.8) is 0 Å². The van der Waals surface area contributed by atoms with E-state index in [9.17, 15) is 4.79 Å². The zero-order chi connectivity index (χ0) is 12.0. The summed E-state index contributed by atoms with van der Waals surface area (Å²) < 4.78 is 4.58. The van der Waals surface area contributed by atoms with Crippen molar-refractivity contribution in [1.29, 1.82) is 0 Å². The molecule has 0 saturated carbocycles. The summed E-state index contributed by atoms with van der Waals surface area (Å²) in [5, 5.41) is 0. The zero-order valence-electron chi connectivity index (χ0n) is 9.48. The fourth-order valence-electron chi connectivity index (χ4n) is 1.54. The Morgan fingerprint density at radius 2 is 2.25 bits per heavy atom. The highest BCUT2D eigenvalue weighted by Crippen LogP contribution is 2.08. The lowest BCUT2D eigenvalue weighted by molar-refractivity contribution is -0.142. The van der Waals surface area contributed by atoms with E-state index in [1.165, 1.54) is 12.7 Å². The van der Waals surface area contributed by atoms with Crippen LogP contribution in [0.1, 0.15) is 11.1 Å². The lowest BCUT2D eigenvalue weighted by atomic mass is 10.0. The molecule has 16 heavy (non-hydrogen) atoms. The molecule has 2 N–H and O–H groups in total. The third-order valence-electron chi connectivity index (χ3n) is 2.33. The van der Waals surface area contributed by atoms with Gasteiger partial charge in [-0.3, -0.25) is 4.79 Å². The Morgan fingerprint density at radius 1 is 1.56 bits per heavy atom. The summed E-state index contributed by atoms with van der Waals surface area (Å²) in [5.41, 5.74) is 7.90. The highest BCUT2D eigenvalue weighted by molar-refractivity contribution is 5.75. The van der Waals surface area contributed by atoms with Crippen molar-refractivity contribution in [3.05, 3.63) is 48.0 Å². The molecule has 1 aromatic rings. The fraction of sp³-hybridized carbons (Fsp3) is 0.308. The molecule has 0 unspecified atom stereocenters. The Bertz CT molecular complexity index is 374. The number of allylic oxidation sites excluding steroid dienone is 1. The van der Waals surface area contributed by atoms with Gasteiger partial charge in [0.05, 0.1) is 7.11 Å². The van der Waals surface area contributed by atoms with Gasteiger partial charge in [-0.15, -0.1) is 6.58 Å². The number of nitrogens with two attached hydrogens (primary N) is 1. The molecule has 0 aliphatic heterocycles. The summed E-state index contributed by atoms with van der Waals surface area (Å²) in [7, 11) is 1.34. The second-order valence-electron chi connectivity index (χ2n) is 3.65. The highest BCUT2D eigenvalue weighted by atomic mass is 16.5. The monoisotopic (exact) mass is 219 g/mol. The highest BCUT2D eigenvalue weighted by Gasteiger charge is 2.13. The van der Waals surface area contributed by atoms with Crippen LogP contribution in [0.25, 0.3) is 0 Å². The standard InChI is InChI=1S/C13H17NO2/c1-3-5-10-6-4-7-11(8-10)9-12(14)13(15)16-2/h3-4,6-8,12H,1,5,9,14H2,2H3/t12-/m1/s1. The number of carbonyl (C=O) groups excluding carboxylic acids is 1. The van der Waals surface area contributed by atoms with Crippen LogP contribution in [0.2, 0.25) is 0 Å². The van der Waals surface area contributed by atoms with Crippen molar-refractivity contribution in [2.45, 2.75) is 18.9 Å². The number of methoxy groups -OCH3 is 1. The molecule has 0 spiro atoms. The molecule has 0 aliphatic carbocycles. The third kappa shape index (κ3) is 3.51. The van der Waals surface area contributed by atoms with E-state index in [1.54, 1.807) is 0 Å². The van der Waals surface area contributed by atoms with Gasteiger partial charge in [-0.05, 0) is 24.0 Å². The average molecular weight is 219 g/mol. The van der Waals surface area contributed by atoms with Crippen molar-refractivity contribution in [2.75, 3.05) is 7.11 Å². The van der Waals surface area contributed by atoms with Gasteiger partial charge in [-0.1, -0.05) is 30.3 Å². The minimum atomic E-state index is -0.594. The van der Waals surface area contributed by atoms with Gasteiger partial charge >= 0.3 is 5.97 Å². The predicted octanol–water partition coefficient (Wildman–Crippen LogP) is 1.46. The number of ether oxygens (including phenoxy) is 1. The molecule has 0 heterocycles. The molecule has 3 nitrogen and oxygen atoms in total. The number of hydrogen-bond acceptors (Lipinski definition) is 3. The molecule has 0 saturated heterocycles. The van der Waals surface area contributed by atoms with Crippen LogP contribution in [0.4, 0.5) is 0 Å². The molecule has 0 amide bonds. The molecule has 0 fully saturated rings. The van der Waals surface area contributed by atoms with Crippen molar-refractivity contribution < 1.29 is 9.53 Å². The second kappa shape index (κ2) is 6.08. The molecule has 0 aliphatic rings. The Labute approximate surface area is 95.9 Å². The van der Waals surface area contributed by atoms with Crippen molar-refractivity contribution in [2.24, 2.45) is 5.73 Å². The Kier molecular flexibility index (Phi) is 4.73. The van der Waals surface area contributed by atoms with Crippen LogP contribution in [0.5, 0.6) is 0 Å². The number of hydrogen-bond donors (Lipinski definition) is 1. The van der Waals surface area contributed by atoms with E-state index in [0.29, 0.717) is 6.42 Å². The summed E-state index contributed by atoms with van der Waals surface area (Å²) in [6.45, 7) is 3.69. The first-order valence-electron chi connectivity index (χ1n) is 5.19. The van der Waals surface area contributed by atoms with Gasteiger partial charge in [0.2, 0.25) is 0 Å². The molecule has 3 heteroatoms. The van der Waals surface area contributed by atoms with Crippen LogP contribution < -0.4 is 5.73 Å². The SMILES string of the molecule is C=CCc1cccc(C[C@@H](N)C(=O)OC)c1. The minimum absolute atomic E-state index is 0.380. The summed E-state index contributed by atoms with van der Waals surface area (Å²) in [4.78, 5) is 11.2. The molecule has 0 aromatic heterocycles. The van der Waals surface area contributed by atoms with Crippen LogP contribution in [-0.2, 0) is 22.4 Å². The van der Waals surface area contributed by atoms with E-state index >= 15 is 0 Å². The van der Waals surface area contributed by atoms with Crippen molar-refractivity contribution in [1.82, 2.24) is 0 Å². The largest absolute Gasteiger partial charge is 0.468 e. The summed E-state index contributed by atoms with van der Waals surface area (Å²) >= 11 is 0. The van der Waals surface area contributed by atoms with Crippen LogP contribution in [0, 0.1) is 0 Å². The van der Waals surface area contributed by atoms with E-state index in [1.807, 2.05) is 30.3 Å². The third-order valence-corrected chi connectivity index (χ3v) is 2.33. The van der Waals surface area contributed by atoms with Crippen LogP contribution in [-0.4, -0.2) is 19.1 Å². The van der Waals surface area contributed by atoms with E-state index < -0.39 is 6.04 Å². The second-order valence-corrected chi connectivity index (χ2v) is 3.65. The Morgan fingerprint density at radius 3 is 2.88 bits per heavy atom. The smallest absolute Gasteiger partial charge is 0.322 e. The maximum absolute atomic E-state index is 11.2. The van der Waals surface area contributed by atoms with Gasteiger partial charge in [0, 0.05) is 0 Å². The van der Waals surface area contributed by atoms with Crippen LogP contribution in [0.3, 0.4) is 0 Å². The molecular weight excluding hydrogens is 202 g/mol. The van der Waals surface area contributed by atoms with E-state index in [4.69, 9.17) is 5.73 Å². The molecule has 1 atom stereocenters. The topological polar surface area (TPSA) is 52.3 Å². The van der Waals surface area contributed by atoms with E-state index in [2.05, 4.69) is 11.3 Å². The first kappa shape index (κ1) is 12.5. The first-order chi connectivity index (χ1) is 7.67. The van der Waals surface area contributed by atoms with Gasteiger partial charge in [-0.2, -0.15) is 0 Å². The molecular formula is C13H17NO2. The molecule has 0 bridgehead atoms. The number of esters is 1. The Balaban J connectivity index is 2.69. The molecule has 86 valence electrons. The van der Waals surface area contributed by atoms with Crippen molar-refractivity contribution >= 4 is 5.97 Å². The average Bonchev–Trinajstić information content (AvgIpc) is 2.29. The molecule has 1 aromatic carbocycles. The van der Waals surface area contributed by atoms with Gasteiger partial charge in [0.1, 0.15) is 6.04 Å². The quantitative estimate of drug-likeness (QED) is 0.602. The molecule has 0 radical (unpaired) electrons. The zero-order valence-corrected chi connectivity index (χ0v) is 9.48. The van der Waals surface area contributed by atoms with Gasteiger partial charge in [0.15, 0.2) is 0 Å².